The molecule has 0 amide bonds. The Kier molecular flexibility index (Phi) is 1.44. The molecule has 0 aliphatic carbocycles. The van der Waals surface area contributed by atoms with E-state index in [0.29, 0.717) is 11.8 Å². The molecule has 1 N–H and O–H groups in total. The summed E-state index contributed by atoms with van der Waals surface area (Å²) in [5.74, 6) is 0. The first kappa shape index (κ1) is 5.75. The molecule has 1 aromatic heterocycles. The van der Waals surface area contributed by atoms with Crippen LogP contribution in [0.5, 0.6) is 0 Å². The first-order valence-corrected chi connectivity index (χ1v) is 2.48. The Morgan fingerprint density at radius 1 is 1.67 bits per heavy atom. The van der Waals surface area contributed by atoms with Gasteiger partial charge in [0, 0.05) is 10.8 Å². The number of nitrogens with zero attached hydrogens (tertiary/aromatic N) is 1. The van der Waals surface area contributed by atoms with Crippen molar-refractivity contribution in [1.82, 2.24) is 0 Å². The Hall–Kier alpha value is -1.38. The second-order valence-electron chi connectivity index (χ2n) is 1.64. The van der Waals surface area contributed by atoms with Crippen molar-refractivity contribution in [3.05, 3.63) is 30.1 Å². The van der Waals surface area contributed by atoms with E-state index in [1.54, 1.807) is 12.1 Å². The average molecular weight is 124 g/mol. The number of aromatic nitrogens is 1. The molecule has 0 radical (unpaired) electrons. The summed E-state index contributed by atoms with van der Waals surface area (Å²) < 4.78 is 0.837. The molecule has 0 aliphatic heterocycles. The quantitative estimate of drug-likeness (QED) is 0.326. The summed E-state index contributed by atoms with van der Waals surface area (Å²) in [6, 6.07) is 3.20. The van der Waals surface area contributed by atoms with Crippen LogP contribution in [0.4, 0.5) is 0 Å². The van der Waals surface area contributed by atoms with Gasteiger partial charge in [0.2, 0.25) is 12.4 Å². The number of hydrogen-bond acceptors (Lipinski definition) is 2. The molecule has 46 valence electrons. The number of hydrogen-bond donors (Lipinski definition) is 1. The van der Waals surface area contributed by atoms with Crippen molar-refractivity contribution in [2.24, 2.45) is 0 Å². The topological polar surface area (TPSA) is 41.2 Å². The van der Waals surface area contributed by atoms with Crippen molar-refractivity contribution in [2.45, 2.75) is 0 Å². The van der Waals surface area contributed by atoms with Crippen LogP contribution in [0, 0.1) is 0 Å². The van der Waals surface area contributed by atoms with Crippen LogP contribution in [-0.4, -0.2) is 11.5 Å². The van der Waals surface area contributed by atoms with Gasteiger partial charge < -0.3 is 0 Å². The zero-order valence-electron chi connectivity index (χ0n) is 4.69. The minimum atomic E-state index is 0.458. The molecule has 0 bridgehead atoms. The normalized spacial score (nSPS) is 8.89. The molecular weight excluding hydrogens is 118 g/mol. The number of pyridine rings is 1. The minimum Gasteiger partial charge on any atom is -0.298 e. The van der Waals surface area contributed by atoms with Gasteiger partial charge in [-0.1, -0.05) is 0 Å². The highest BCUT2D eigenvalue weighted by Gasteiger charge is 1.95. The number of carbonyl (C=O) groups is 1. The van der Waals surface area contributed by atoms with E-state index in [1.165, 1.54) is 12.4 Å². The monoisotopic (exact) mass is 124 g/mol. The van der Waals surface area contributed by atoms with Crippen LogP contribution >= 0.6 is 0 Å². The van der Waals surface area contributed by atoms with Gasteiger partial charge in [-0.15, -0.1) is 0 Å². The second-order valence-corrected chi connectivity index (χ2v) is 1.64. The third-order valence-electron chi connectivity index (χ3n) is 0.945. The van der Waals surface area contributed by atoms with Gasteiger partial charge in [-0.3, -0.25) is 10.0 Å². The number of rotatable bonds is 1. The van der Waals surface area contributed by atoms with Crippen LogP contribution < -0.4 is 4.73 Å². The predicted molar refractivity (Wildman–Crippen MR) is 29.2 cm³/mol. The molecule has 0 atom stereocenters. The van der Waals surface area contributed by atoms with E-state index in [4.69, 9.17) is 5.21 Å². The molecule has 1 rings (SSSR count). The largest absolute Gasteiger partial charge is 0.298 e. The molecule has 0 saturated carbocycles. The van der Waals surface area contributed by atoms with E-state index in [1.807, 2.05) is 0 Å². The van der Waals surface area contributed by atoms with Crippen molar-refractivity contribution in [2.75, 3.05) is 0 Å². The van der Waals surface area contributed by atoms with Gasteiger partial charge in [-0.2, -0.15) is 0 Å². The molecule has 9 heavy (non-hydrogen) atoms. The summed E-state index contributed by atoms with van der Waals surface area (Å²) in [5.41, 5.74) is 0.458. The summed E-state index contributed by atoms with van der Waals surface area (Å²) in [7, 11) is 0. The number of carbonyl (C=O) groups excluding carboxylic acids is 1. The zero-order valence-corrected chi connectivity index (χ0v) is 4.69. The minimum absolute atomic E-state index is 0.458. The first-order chi connectivity index (χ1) is 4.33. The Bertz CT molecular complexity index is 222. The molecule has 0 spiro atoms. The molecule has 0 aliphatic rings. The van der Waals surface area contributed by atoms with Gasteiger partial charge in [-0.25, -0.2) is 0 Å². The van der Waals surface area contributed by atoms with Gasteiger partial charge >= 0.3 is 0 Å². The Morgan fingerprint density at radius 2 is 2.44 bits per heavy atom. The van der Waals surface area contributed by atoms with E-state index >= 15 is 0 Å². The van der Waals surface area contributed by atoms with Gasteiger partial charge in [0.25, 0.3) is 0 Å². The van der Waals surface area contributed by atoms with Crippen molar-refractivity contribution in [3.8, 4) is 0 Å². The van der Waals surface area contributed by atoms with Crippen molar-refractivity contribution >= 4 is 6.29 Å². The Morgan fingerprint density at radius 3 is 2.89 bits per heavy atom. The average Bonchev–Trinajstić information content (AvgIpc) is 1.88. The van der Waals surface area contributed by atoms with Gasteiger partial charge in [-0.05, 0) is 6.07 Å². The van der Waals surface area contributed by atoms with Crippen molar-refractivity contribution in [1.29, 1.82) is 0 Å². The zero-order chi connectivity index (χ0) is 6.69. The van der Waals surface area contributed by atoms with E-state index in [9.17, 15) is 4.79 Å². The molecule has 3 nitrogen and oxygen atoms in total. The lowest BCUT2D eigenvalue weighted by Crippen LogP contribution is -2.28. The van der Waals surface area contributed by atoms with E-state index in [2.05, 4.69) is 0 Å². The van der Waals surface area contributed by atoms with Crippen molar-refractivity contribution < 1.29 is 14.7 Å². The van der Waals surface area contributed by atoms with E-state index in [-0.39, 0.29) is 0 Å². The Labute approximate surface area is 52.1 Å². The van der Waals surface area contributed by atoms with Gasteiger partial charge in [0.1, 0.15) is 0 Å². The summed E-state index contributed by atoms with van der Waals surface area (Å²) in [6.07, 6.45) is 3.44. The van der Waals surface area contributed by atoms with Crippen LogP contribution in [0.2, 0.25) is 0 Å². The summed E-state index contributed by atoms with van der Waals surface area (Å²) in [6.45, 7) is 0. The van der Waals surface area contributed by atoms with Crippen LogP contribution in [-0.2, 0) is 0 Å². The third kappa shape index (κ3) is 1.25. The molecule has 1 heterocycles. The maximum absolute atomic E-state index is 10.0. The Balaban J connectivity index is 3.07. The fraction of sp³-hybridized carbons (Fsp3) is 0. The molecular formula is C6H6NO2+. The standard InChI is InChI=1S/C6H6NO2/c8-5-6-2-1-3-7(9)4-6/h1-5,9H/q+1. The van der Waals surface area contributed by atoms with E-state index < -0.39 is 0 Å². The van der Waals surface area contributed by atoms with Crippen LogP contribution in [0.1, 0.15) is 10.4 Å². The fourth-order valence-electron chi connectivity index (χ4n) is 0.551. The molecule has 3 heteroatoms. The lowest BCUT2D eigenvalue weighted by molar-refractivity contribution is -0.904. The highest BCUT2D eigenvalue weighted by atomic mass is 16.5. The predicted octanol–water partition coefficient (Wildman–Crippen LogP) is 0.0239. The van der Waals surface area contributed by atoms with E-state index in [0.717, 1.165) is 4.73 Å². The fourth-order valence-corrected chi connectivity index (χ4v) is 0.551. The highest BCUT2D eigenvalue weighted by molar-refractivity contribution is 5.73. The first-order valence-electron chi connectivity index (χ1n) is 2.48. The lowest BCUT2D eigenvalue weighted by Gasteiger charge is -1.81. The highest BCUT2D eigenvalue weighted by Crippen LogP contribution is 1.85. The maximum atomic E-state index is 10.0. The lowest BCUT2D eigenvalue weighted by atomic mass is 10.3. The second kappa shape index (κ2) is 2.26. The number of aldehydes is 1. The molecule has 0 unspecified atom stereocenters. The van der Waals surface area contributed by atoms with Gasteiger partial charge in [0.05, 0.1) is 5.56 Å². The summed E-state index contributed by atoms with van der Waals surface area (Å²) >= 11 is 0. The van der Waals surface area contributed by atoms with Crippen LogP contribution in [0.15, 0.2) is 24.5 Å². The SMILES string of the molecule is O=Cc1ccc[n+](O)c1. The molecule has 0 saturated heterocycles. The van der Waals surface area contributed by atoms with Crippen LogP contribution in [0.3, 0.4) is 0 Å². The molecule has 1 aromatic rings. The smallest absolute Gasteiger partial charge is 0.232 e. The molecule has 0 fully saturated rings. The summed E-state index contributed by atoms with van der Waals surface area (Å²) in [4.78, 5) is 10.0. The van der Waals surface area contributed by atoms with Crippen molar-refractivity contribution in [3.63, 3.8) is 0 Å². The van der Waals surface area contributed by atoms with Gasteiger partial charge in [0.15, 0.2) is 6.29 Å². The third-order valence-corrected chi connectivity index (χ3v) is 0.945. The summed E-state index contributed by atoms with van der Waals surface area (Å²) in [5, 5.41) is 8.70. The maximum Gasteiger partial charge on any atom is 0.232 e. The molecule has 0 aromatic carbocycles. The van der Waals surface area contributed by atoms with Crippen LogP contribution in [0.25, 0.3) is 0 Å².